The van der Waals surface area contributed by atoms with Crippen LogP contribution in [-0.2, 0) is 10.8 Å². The predicted octanol–water partition coefficient (Wildman–Crippen LogP) is 13.2. The van der Waals surface area contributed by atoms with Crippen LogP contribution in [0.2, 0.25) is 0 Å². The van der Waals surface area contributed by atoms with Gasteiger partial charge in [0, 0.05) is 27.8 Å². The Hall–Kier alpha value is -4.88. The van der Waals surface area contributed by atoms with Crippen LogP contribution in [-0.4, -0.2) is 0 Å². The molecule has 10 rings (SSSR count). The number of anilines is 3. The first-order chi connectivity index (χ1) is 24.5. The maximum Gasteiger partial charge on any atom is 0.0543 e. The summed E-state index contributed by atoms with van der Waals surface area (Å²) in [5.74, 6) is 2.34. The molecule has 0 aromatic heterocycles. The van der Waals surface area contributed by atoms with Crippen molar-refractivity contribution in [2.75, 3.05) is 4.90 Å². The van der Waals surface area contributed by atoms with Crippen LogP contribution in [0.3, 0.4) is 0 Å². The predicted molar refractivity (Wildman–Crippen MR) is 210 cm³/mol. The molecule has 0 N–H and O–H groups in total. The number of benzene rings is 6. The van der Waals surface area contributed by atoms with Crippen molar-refractivity contribution in [1.29, 1.82) is 0 Å². The molecule has 0 radical (unpaired) electrons. The molecular formula is C49H45N. The zero-order chi connectivity index (χ0) is 33.6. The van der Waals surface area contributed by atoms with E-state index in [1.54, 1.807) is 11.1 Å². The number of nitrogens with zero attached hydrogens (tertiary/aromatic N) is 1. The highest BCUT2D eigenvalue weighted by Gasteiger charge is 2.57. The summed E-state index contributed by atoms with van der Waals surface area (Å²) < 4.78 is 0. The fourth-order valence-electron chi connectivity index (χ4n) is 11.3. The molecule has 6 aromatic carbocycles. The van der Waals surface area contributed by atoms with Crippen molar-refractivity contribution in [1.82, 2.24) is 0 Å². The SMILES string of the molecule is CC[C@H]1C[C@H]2CC[C@H](C2)[C@]12c1ccccc1-c1cc(N(c3ccc(-c4ccccc4)cc3)c3cccc4c3-c3ccccc3C4(C)C)ccc12. The minimum Gasteiger partial charge on any atom is -0.310 e. The normalized spacial score (nSPS) is 23.3. The Kier molecular flexibility index (Phi) is 6.63. The molecule has 2 bridgehead atoms. The van der Waals surface area contributed by atoms with E-state index in [9.17, 15) is 0 Å². The first-order valence-electron chi connectivity index (χ1n) is 18.9. The van der Waals surface area contributed by atoms with E-state index in [1.165, 1.54) is 93.7 Å². The Morgan fingerprint density at radius 1 is 0.560 bits per heavy atom. The lowest BCUT2D eigenvalue weighted by Gasteiger charge is -2.48. The standard InChI is InChI=1S/C49H45N/c1-4-35-29-32-21-24-36(30-32)49(35)43-18-11-8-15-39(43)41-31-38(27-28-44(41)49)50(37-25-22-34(23-26-37)33-13-6-5-7-14-33)46-20-12-19-45-47(46)40-16-9-10-17-42(40)48(45,2)3/h5-20,22-23,25-28,31-32,35-36H,4,21,24,29-30H2,1-3H3/t32-,35+,36-,49+/m1/s1. The fraction of sp³-hybridized carbons (Fsp3) is 0.265. The summed E-state index contributed by atoms with van der Waals surface area (Å²) >= 11 is 0. The van der Waals surface area contributed by atoms with E-state index >= 15 is 0 Å². The van der Waals surface area contributed by atoms with Gasteiger partial charge in [-0.25, -0.2) is 0 Å². The minimum absolute atomic E-state index is 0.0662. The summed E-state index contributed by atoms with van der Waals surface area (Å²) in [5, 5.41) is 0. The van der Waals surface area contributed by atoms with Crippen LogP contribution in [0.1, 0.15) is 75.1 Å². The van der Waals surface area contributed by atoms with E-state index in [4.69, 9.17) is 0 Å². The van der Waals surface area contributed by atoms with Crippen molar-refractivity contribution in [2.24, 2.45) is 17.8 Å². The molecule has 1 heteroatoms. The zero-order valence-corrected chi connectivity index (χ0v) is 29.5. The Morgan fingerprint density at radius 2 is 1.22 bits per heavy atom. The number of hydrogen-bond acceptors (Lipinski definition) is 1. The summed E-state index contributed by atoms with van der Waals surface area (Å²) in [5.41, 5.74) is 17.8. The lowest BCUT2D eigenvalue weighted by molar-refractivity contribution is 0.144. The van der Waals surface area contributed by atoms with Crippen LogP contribution in [0.4, 0.5) is 17.1 Å². The monoisotopic (exact) mass is 647 g/mol. The van der Waals surface area contributed by atoms with Gasteiger partial charge in [-0.1, -0.05) is 143 Å². The molecule has 0 saturated heterocycles. The lowest BCUT2D eigenvalue weighted by atomic mass is 9.55. The van der Waals surface area contributed by atoms with Crippen LogP contribution in [0.5, 0.6) is 0 Å². The Labute approximate surface area is 297 Å². The number of rotatable bonds is 5. The molecule has 6 aromatic rings. The first kappa shape index (κ1) is 30.0. The van der Waals surface area contributed by atoms with Crippen molar-refractivity contribution in [3.05, 3.63) is 162 Å². The van der Waals surface area contributed by atoms with Crippen LogP contribution in [0.15, 0.2) is 140 Å². The molecule has 2 saturated carbocycles. The Bertz CT molecular complexity index is 2260. The third-order valence-electron chi connectivity index (χ3n) is 13.4. The summed E-state index contributed by atoms with van der Waals surface area (Å²) in [6, 6.07) is 53.0. The fourth-order valence-corrected chi connectivity index (χ4v) is 11.3. The molecule has 0 heterocycles. The highest BCUT2D eigenvalue weighted by molar-refractivity contribution is 5.96. The minimum atomic E-state index is -0.0662. The van der Waals surface area contributed by atoms with Crippen LogP contribution in [0, 0.1) is 17.8 Å². The van der Waals surface area contributed by atoms with Crippen molar-refractivity contribution < 1.29 is 0 Å². The molecule has 2 fully saturated rings. The van der Waals surface area contributed by atoms with Gasteiger partial charge >= 0.3 is 0 Å². The average Bonchev–Trinajstić information content (AvgIpc) is 3.78. The number of hydrogen-bond donors (Lipinski definition) is 0. The largest absolute Gasteiger partial charge is 0.310 e. The quantitative estimate of drug-likeness (QED) is 0.180. The van der Waals surface area contributed by atoms with Crippen molar-refractivity contribution in [2.45, 2.75) is 63.7 Å². The third kappa shape index (κ3) is 4.07. The molecule has 4 aliphatic carbocycles. The first-order valence-corrected chi connectivity index (χ1v) is 18.9. The molecule has 1 nitrogen and oxygen atoms in total. The van der Waals surface area contributed by atoms with Gasteiger partial charge in [0.25, 0.3) is 0 Å². The Balaban J connectivity index is 1.20. The summed E-state index contributed by atoms with van der Waals surface area (Å²) in [6.07, 6.45) is 6.77. The van der Waals surface area contributed by atoms with E-state index in [-0.39, 0.29) is 10.8 Å². The smallest absolute Gasteiger partial charge is 0.0543 e. The van der Waals surface area contributed by atoms with E-state index in [2.05, 4.69) is 165 Å². The molecule has 1 spiro atoms. The van der Waals surface area contributed by atoms with Gasteiger partial charge in [-0.15, -0.1) is 0 Å². The summed E-state index contributed by atoms with van der Waals surface area (Å²) in [7, 11) is 0. The van der Waals surface area contributed by atoms with Gasteiger partial charge in [0.15, 0.2) is 0 Å². The van der Waals surface area contributed by atoms with Gasteiger partial charge in [-0.05, 0) is 117 Å². The molecular weight excluding hydrogens is 603 g/mol. The highest BCUT2D eigenvalue weighted by Crippen LogP contribution is 2.66. The molecule has 0 aliphatic heterocycles. The van der Waals surface area contributed by atoms with Gasteiger partial charge in [0.05, 0.1) is 5.69 Å². The van der Waals surface area contributed by atoms with Gasteiger partial charge < -0.3 is 4.90 Å². The molecule has 4 aliphatic rings. The zero-order valence-electron chi connectivity index (χ0n) is 29.5. The van der Waals surface area contributed by atoms with E-state index in [0.29, 0.717) is 5.92 Å². The van der Waals surface area contributed by atoms with E-state index < -0.39 is 0 Å². The average molecular weight is 648 g/mol. The highest BCUT2D eigenvalue weighted by atomic mass is 15.1. The van der Waals surface area contributed by atoms with Gasteiger partial charge in [-0.2, -0.15) is 0 Å². The second-order valence-corrected chi connectivity index (χ2v) is 16.0. The van der Waals surface area contributed by atoms with Crippen LogP contribution in [0.25, 0.3) is 33.4 Å². The molecule has 246 valence electrons. The third-order valence-corrected chi connectivity index (χ3v) is 13.4. The van der Waals surface area contributed by atoms with E-state index in [0.717, 1.165) is 11.8 Å². The van der Waals surface area contributed by atoms with Gasteiger partial charge in [0.2, 0.25) is 0 Å². The Morgan fingerprint density at radius 3 is 2.02 bits per heavy atom. The molecule has 4 atom stereocenters. The molecule has 0 unspecified atom stereocenters. The van der Waals surface area contributed by atoms with E-state index in [1.807, 2.05) is 0 Å². The maximum atomic E-state index is 2.55. The van der Waals surface area contributed by atoms with Gasteiger partial charge in [-0.3, -0.25) is 0 Å². The maximum absolute atomic E-state index is 2.55. The molecule has 0 amide bonds. The number of fused-ring (bicyclic) bond motifs is 11. The topological polar surface area (TPSA) is 3.24 Å². The summed E-state index contributed by atoms with van der Waals surface area (Å²) in [4.78, 5) is 2.55. The second-order valence-electron chi connectivity index (χ2n) is 16.0. The van der Waals surface area contributed by atoms with Gasteiger partial charge in [0.1, 0.15) is 0 Å². The van der Waals surface area contributed by atoms with Crippen molar-refractivity contribution in [3.8, 4) is 33.4 Å². The van der Waals surface area contributed by atoms with Crippen molar-refractivity contribution in [3.63, 3.8) is 0 Å². The van der Waals surface area contributed by atoms with Crippen LogP contribution < -0.4 is 4.90 Å². The molecule has 50 heavy (non-hydrogen) atoms. The summed E-state index contributed by atoms with van der Waals surface area (Å²) in [6.45, 7) is 7.21. The van der Waals surface area contributed by atoms with Crippen molar-refractivity contribution >= 4 is 17.1 Å². The lowest BCUT2D eigenvalue weighted by Crippen LogP contribution is -2.44. The second kappa shape index (κ2) is 11.1. The van der Waals surface area contributed by atoms with Crippen LogP contribution >= 0.6 is 0 Å².